The maximum Gasteiger partial charge on any atom is 0.163 e. The maximum absolute atomic E-state index is 11.5. The van der Waals surface area contributed by atoms with E-state index in [4.69, 9.17) is 15.2 Å². The molecule has 274 valence electrons. The van der Waals surface area contributed by atoms with E-state index in [0.717, 1.165) is 77.6 Å². The van der Waals surface area contributed by atoms with Crippen LogP contribution < -0.4 is 25.8 Å². The van der Waals surface area contributed by atoms with Crippen molar-refractivity contribution in [2.45, 2.75) is 18.4 Å². The van der Waals surface area contributed by atoms with Crippen LogP contribution in [0.5, 0.6) is 17.2 Å². The first-order valence-electron chi connectivity index (χ1n) is 18.2. The second kappa shape index (κ2) is 15.3. The van der Waals surface area contributed by atoms with E-state index in [0.29, 0.717) is 38.5 Å². The van der Waals surface area contributed by atoms with E-state index in [1.807, 2.05) is 115 Å². The van der Waals surface area contributed by atoms with E-state index >= 15 is 0 Å². The molecule has 0 fully saturated rings. The molecule has 9 N–H and O–H groups in total. The summed E-state index contributed by atoms with van der Waals surface area (Å²) in [5.41, 5.74) is 14.1. The predicted octanol–water partition coefficient (Wildman–Crippen LogP) is 7.90. The predicted molar refractivity (Wildman–Crippen MR) is 218 cm³/mol. The van der Waals surface area contributed by atoms with Gasteiger partial charge in [-0.25, -0.2) is 0 Å². The fourth-order valence-electron chi connectivity index (χ4n) is 7.32. The number of aromatic amines is 2. The molecule has 10 nitrogen and oxygen atoms in total. The number of phenols is 1. The third-order valence-corrected chi connectivity index (χ3v) is 10.0. The Morgan fingerprint density at radius 1 is 0.630 bits per heavy atom. The summed E-state index contributed by atoms with van der Waals surface area (Å²) in [6, 6.07) is 38.9. The van der Waals surface area contributed by atoms with Crippen LogP contribution in [-0.2, 0) is 6.42 Å². The second-order valence-corrected chi connectivity index (χ2v) is 13.5. The molecule has 0 bridgehead atoms. The highest BCUT2D eigenvalue weighted by Gasteiger charge is 2.24. The summed E-state index contributed by atoms with van der Waals surface area (Å²) in [5.74, 6) is 0.724. The van der Waals surface area contributed by atoms with Crippen LogP contribution in [0.25, 0.3) is 43.6 Å². The van der Waals surface area contributed by atoms with E-state index in [2.05, 4.69) is 20.6 Å². The van der Waals surface area contributed by atoms with Crippen molar-refractivity contribution in [1.82, 2.24) is 9.97 Å². The molecule has 10 heteroatoms. The van der Waals surface area contributed by atoms with Crippen molar-refractivity contribution in [3.63, 3.8) is 0 Å². The number of aromatic nitrogens is 2. The minimum atomic E-state index is -0.855. The number of hydrogen-bond donors (Lipinski definition) is 8. The number of aliphatic hydroxyl groups is 2. The quantitative estimate of drug-likeness (QED) is 0.0392. The van der Waals surface area contributed by atoms with Crippen LogP contribution in [0.15, 0.2) is 121 Å². The minimum absolute atomic E-state index is 0.0861. The zero-order valence-electron chi connectivity index (χ0n) is 29.7. The Bertz CT molecular complexity index is 2560. The second-order valence-electron chi connectivity index (χ2n) is 13.5. The summed E-state index contributed by atoms with van der Waals surface area (Å²) in [6.07, 6.45) is -0.528. The highest BCUT2D eigenvalue weighted by Crippen LogP contribution is 2.36. The van der Waals surface area contributed by atoms with E-state index < -0.39 is 12.0 Å². The summed E-state index contributed by atoms with van der Waals surface area (Å²) in [4.78, 5) is 6.81. The molecule has 6 aromatic carbocycles. The first-order chi connectivity index (χ1) is 26.4. The third kappa shape index (κ3) is 7.17. The summed E-state index contributed by atoms with van der Waals surface area (Å²) in [5, 5.41) is 43.8. The molecule has 2 unspecified atom stereocenters. The van der Waals surface area contributed by atoms with Gasteiger partial charge in [0, 0.05) is 87.2 Å². The monoisotopic (exact) mass is 721 g/mol. The van der Waals surface area contributed by atoms with Crippen molar-refractivity contribution < 1.29 is 24.8 Å². The number of nitrogens with two attached hydrogens (primary N) is 1. The SMILES string of the molecule is Nc1ccc2[nH]c3cc(OCCNc4ccccc4C(CO)C(O)Cc4ccccc4NCCOc4cc5[nH]c6ccccc6c5cc4O)ccc3c2c1. The average molecular weight is 722 g/mol. The van der Waals surface area contributed by atoms with Gasteiger partial charge in [0.05, 0.1) is 23.7 Å². The van der Waals surface area contributed by atoms with Crippen molar-refractivity contribution in [2.75, 3.05) is 49.3 Å². The smallest absolute Gasteiger partial charge is 0.163 e. The molecular weight excluding hydrogens is 679 g/mol. The third-order valence-electron chi connectivity index (χ3n) is 10.0. The van der Waals surface area contributed by atoms with E-state index in [-0.39, 0.29) is 12.4 Å². The Labute approximate surface area is 312 Å². The van der Waals surface area contributed by atoms with Gasteiger partial charge in [0.2, 0.25) is 0 Å². The number of anilines is 3. The van der Waals surface area contributed by atoms with Crippen molar-refractivity contribution in [3.05, 3.63) is 132 Å². The first kappa shape index (κ1) is 34.7. The molecule has 0 spiro atoms. The number of fused-ring (bicyclic) bond motifs is 6. The Morgan fingerprint density at radius 3 is 2.15 bits per heavy atom. The average Bonchev–Trinajstić information content (AvgIpc) is 3.73. The van der Waals surface area contributed by atoms with Gasteiger partial charge in [0.25, 0.3) is 0 Å². The van der Waals surface area contributed by atoms with Crippen LogP contribution in [0.2, 0.25) is 0 Å². The summed E-state index contributed by atoms with van der Waals surface area (Å²) in [6.45, 7) is 1.50. The number of aliphatic hydroxyl groups excluding tert-OH is 2. The first-order valence-corrected chi connectivity index (χ1v) is 18.2. The Balaban J connectivity index is 0.867. The lowest BCUT2D eigenvalue weighted by molar-refractivity contribution is 0.107. The molecule has 8 aromatic rings. The fourth-order valence-corrected chi connectivity index (χ4v) is 7.32. The van der Waals surface area contributed by atoms with Crippen LogP contribution >= 0.6 is 0 Å². The standard InChI is InChI=1S/C44H43N5O5/c45-28-13-16-39-33(22-28)32-15-14-29(23-40(32)49-39)53-19-17-47-37-11-5-2-9-31(37)35(26-50)42(51)21-27-7-1-4-10-36(27)46-18-20-54-44-25-41-34(24-43(44)52)30-8-3-6-12-38(30)48-41/h1-16,22-25,35,42,46-52H,17-21,26,45H2. The number of benzene rings is 6. The summed E-state index contributed by atoms with van der Waals surface area (Å²) >= 11 is 0. The number of rotatable bonds is 15. The highest BCUT2D eigenvalue weighted by molar-refractivity contribution is 6.09. The number of phenolic OH excluding ortho intramolecular Hbond substituents is 1. The molecule has 0 amide bonds. The number of ether oxygens (including phenoxy) is 2. The molecular formula is C44H43N5O5. The molecule has 0 saturated carbocycles. The van der Waals surface area contributed by atoms with Gasteiger partial charge >= 0.3 is 0 Å². The largest absolute Gasteiger partial charge is 0.504 e. The van der Waals surface area contributed by atoms with Crippen LogP contribution in [-0.4, -0.2) is 64.3 Å². The van der Waals surface area contributed by atoms with Crippen molar-refractivity contribution in [1.29, 1.82) is 0 Å². The Morgan fingerprint density at radius 2 is 1.30 bits per heavy atom. The lowest BCUT2D eigenvalue weighted by atomic mass is 9.88. The normalized spacial score (nSPS) is 12.7. The van der Waals surface area contributed by atoms with Gasteiger partial charge in [0.15, 0.2) is 11.5 Å². The minimum Gasteiger partial charge on any atom is -0.504 e. The molecule has 0 aliphatic rings. The van der Waals surface area contributed by atoms with Crippen LogP contribution in [0, 0.1) is 0 Å². The zero-order valence-corrected chi connectivity index (χ0v) is 29.7. The van der Waals surface area contributed by atoms with Gasteiger partial charge in [-0.1, -0.05) is 54.6 Å². The van der Waals surface area contributed by atoms with E-state index in [9.17, 15) is 15.3 Å². The fraction of sp³-hybridized carbons (Fsp3) is 0.182. The molecule has 0 saturated heterocycles. The van der Waals surface area contributed by atoms with Gasteiger partial charge in [-0.15, -0.1) is 0 Å². The topological polar surface area (TPSA) is 161 Å². The van der Waals surface area contributed by atoms with Crippen LogP contribution in [0.3, 0.4) is 0 Å². The molecule has 0 aliphatic heterocycles. The number of hydrogen-bond acceptors (Lipinski definition) is 8. The Hall–Kier alpha value is -6.36. The van der Waals surface area contributed by atoms with Crippen LogP contribution in [0.1, 0.15) is 17.0 Å². The highest BCUT2D eigenvalue weighted by atomic mass is 16.5. The molecule has 0 radical (unpaired) electrons. The molecule has 8 rings (SSSR count). The Kier molecular flexibility index (Phi) is 9.85. The number of nitrogen functional groups attached to an aromatic ring is 1. The number of aromatic hydroxyl groups is 1. The number of para-hydroxylation sites is 3. The molecule has 0 aliphatic carbocycles. The maximum atomic E-state index is 11.5. The van der Waals surface area contributed by atoms with Gasteiger partial charge in [-0.05, 0) is 65.7 Å². The van der Waals surface area contributed by atoms with Gasteiger partial charge < -0.3 is 51.1 Å². The molecule has 2 aromatic heterocycles. The van der Waals surface area contributed by atoms with Crippen molar-refractivity contribution in [3.8, 4) is 17.2 Å². The number of H-pyrrole nitrogens is 2. The summed E-state index contributed by atoms with van der Waals surface area (Å²) in [7, 11) is 0. The van der Waals surface area contributed by atoms with Gasteiger partial charge in [-0.2, -0.15) is 0 Å². The number of nitrogens with one attached hydrogen (secondary N) is 4. The van der Waals surface area contributed by atoms with Gasteiger partial charge in [0.1, 0.15) is 19.0 Å². The van der Waals surface area contributed by atoms with Crippen molar-refractivity contribution in [2.24, 2.45) is 0 Å². The zero-order chi connectivity index (χ0) is 37.0. The van der Waals surface area contributed by atoms with Crippen molar-refractivity contribution >= 4 is 60.7 Å². The van der Waals surface area contributed by atoms with E-state index in [1.165, 1.54) is 0 Å². The van der Waals surface area contributed by atoms with Gasteiger partial charge in [-0.3, -0.25) is 0 Å². The van der Waals surface area contributed by atoms with Crippen LogP contribution in [0.4, 0.5) is 17.1 Å². The lowest BCUT2D eigenvalue weighted by Crippen LogP contribution is -2.26. The van der Waals surface area contributed by atoms with E-state index in [1.54, 1.807) is 6.07 Å². The molecule has 2 heterocycles. The summed E-state index contributed by atoms with van der Waals surface area (Å²) < 4.78 is 12.1. The molecule has 2 atom stereocenters. The lowest BCUT2D eigenvalue weighted by Gasteiger charge is -2.25. The molecule has 54 heavy (non-hydrogen) atoms.